The highest BCUT2D eigenvalue weighted by Gasteiger charge is 2.26. The molecule has 0 spiro atoms. The lowest BCUT2D eigenvalue weighted by Gasteiger charge is -2.31. The second kappa shape index (κ2) is 11.5. The number of halogens is 1. The van der Waals surface area contributed by atoms with Crippen LogP contribution in [-0.2, 0) is 4.79 Å². The van der Waals surface area contributed by atoms with E-state index in [1.54, 1.807) is 12.1 Å². The van der Waals surface area contributed by atoms with Crippen molar-refractivity contribution in [3.8, 4) is 11.4 Å². The van der Waals surface area contributed by atoms with Gasteiger partial charge in [0.2, 0.25) is 5.91 Å². The number of aromatic nitrogens is 3. The van der Waals surface area contributed by atoms with Gasteiger partial charge in [0, 0.05) is 5.69 Å². The van der Waals surface area contributed by atoms with Crippen molar-refractivity contribution < 1.29 is 13.9 Å². The number of anilines is 1. The topological polar surface area (TPSA) is 72.3 Å². The van der Waals surface area contributed by atoms with Crippen LogP contribution in [0.5, 0.6) is 5.75 Å². The lowest BCUT2D eigenvalue weighted by atomic mass is 10.1. The molecule has 1 aromatic heterocycles. The Labute approximate surface area is 203 Å². The Morgan fingerprint density at radius 3 is 2.59 bits per heavy atom. The third kappa shape index (κ3) is 5.77. The molecule has 1 aliphatic rings. The maximum absolute atomic E-state index is 13.6. The summed E-state index contributed by atoms with van der Waals surface area (Å²) in [5.74, 6) is 1.10. The van der Waals surface area contributed by atoms with E-state index in [4.69, 9.17) is 4.74 Å². The fourth-order valence-electron chi connectivity index (χ4n) is 4.11. The molecule has 0 saturated carbocycles. The molecule has 0 aliphatic carbocycles. The van der Waals surface area contributed by atoms with Crippen LogP contribution in [0.2, 0.25) is 0 Å². The number of ether oxygens (including phenoxy) is 1. The molecule has 1 atom stereocenters. The summed E-state index contributed by atoms with van der Waals surface area (Å²) in [6, 6.07) is 13.7. The minimum Gasteiger partial charge on any atom is -0.492 e. The fourth-order valence-corrected chi connectivity index (χ4v) is 4.87. The van der Waals surface area contributed by atoms with Crippen molar-refractivity contribution in [1.29, 1.82) is 0 Å². The van der Waals surface area contributed by atoms with Crippen LogP contribution in [0, 0.1) is 5.82 Å². The number of nitrogens with one attached hydrogen (secondary N) is 1. The smallest absolute Gasteiger partial charge is 0.234 e. The van der Waals surface area contributed by atoms with E-state index in [0.717, 1.165) is 24.6 Å². The van der Waals surface area contributed by atoms with Gasteiger partial charge in [0.1, 0.15) is 11.6 Å². The number of benzene rings is 2. The SMILES string of the molecule is CCOc1ccccc1NC(=O)CSc1nnc([C@H](C)N2CCCCC2)n1-c1ccc(F)cc1. The summed E-state index contributed by atoms with van der Waals surface area (Å²) in [5, 5.41) is 12.4. The van der Waals surface area contributed by atoms with Crippen LogP contribution < -0.4 is 10.1 Å². The molecule has 2 aromatic carbocycles. The summed E-state index contributed by atoms with van der Waals surface area (Å²) < 4.78 is 21.1. The Balaban J connectivity index is 1.53. The van der Waals surface area contributed by atoms with Crippen LogP contribution in [0.1, 0.15) is 45.0 Å². The Morgan fingerprint density at radius 2 is 1.85 bits per heavy atom. The Kier molecular flexibility index (Phi) is 8.18. The number of hydrogen-bond donors (Lipinski definition) is 1. The number of hydrogen-bond acceptors (Lipinski definition) is 6. The molecule has 34 heavy (non-hydrogen) atoms. The molecule has 0 bridgehead atoms. The fraction of sp³-hybridized carbons (Fsp3) is 0.400. The number of nitrogens with zero attached hydrogens (tertiary/aromatic N) is 4. The molecule has 1 aliphatic heterocycles. The van der Waals surface area contributed by atoms with Crippen molar-refractivity contribution in [2.45, 2.75) is 44.3 Å². The van der Waals surface area contributed by atoms with Crippen LogP contribution in [0.25, 0.3) is 5.69 Å². The molecule has 7 nitrogen and oxygen atoms in total. The summed E-state index contributed by atoms with van der Waals surface area (Å²) in [5.41, 5.74) is 1.41. The Hall–Kier alpha value is -2.91. The van der Waals surface area contributed by atoms with E-state index in [0.29, 0.717) is 23.2 Å². The zero-order valence-electron chi connectivity index (χ0n) is 19.5. The van der Waals surface area contributed by atoms with Crippen LogP contribution >= 0.6 is 11.8 Å². The molecular weight excluding hydrogens is 453 g/mol. The summed E-state index contributed by atoms with van der Waals surface area (Å²) in [7, 11) is 0. The summed E-state index contributed by atoms with van der Waals surface area (Å²) in [4.78, 5) is 15.1. The normalized spacial score (nSPS) is 15.1. The van der Waals surface area contributed by atoms with Crippen LogP contribution in [0.4, 0.5) is 10.1 Å². The second-order valence-electron chi connectivity index (χ2n) is 8.19. The van der Waals surface area contributed by atoms with E-state index in [1.807, 2.05) is 35.8 Å². The highest BCUT2D eigenvalue weighted by molar-refractivity contribution is 7.99. The summed E-state index contributed by atoms with van der Waals surface area (Å²) in [6.07, 6.45) is 3.58. The number of rotatable bonds is 9. The predicted octanol–water partition coefficient (Wildman–Crippen LogP) is 5.08. The third-order valence-corrected chi connectivity index (χ3v) is 6.78. The molecule has 1 saturated heterocycles. The lowest BCUT2D eigenvalue weighted by molar-refractivity contribution is -0.113. The Bertz CT molecular complexity index is 1100. The molecule has 4 rings (SSSR count). The number of thioether (sulfide) groups is 1. The first-order valence-corrected chi connectivity index (χ1v) is 12.6. The van der Waals surface area contributed by atoms with E-state index in [-0.39, 0.29) is 23.5 Å². The first-order chi connectivity index (χ1) is 16.6. The van der Waals surface area contributed by atoms with Gasteiger partial charge in [0.05, 0.1) is 24.1 Å². The molecule has 2 heterocycles. The largest absolute Gasteiger partial charge is 0.492 e. The van der Waals surface area contributed by atoms with Crippen molar-refractivity contribution in [2.24, 2.45) is 0 Å². The van der Waals surface area contributed by atoms with Gasteiger partial charge in [-0.15, -0.1) is 10.2 Å². The Morgan fingerprint density at radius 1 is 1.12 bits per heavy atom. The highest BCUT2D eigenvalue weighted by Crippen LogP contribution is 2.30. The number of piperidine rings is 1. The van der Waals surface area contributed by atoms with E-state index < -0.39 is 0 Å². The van der Waals surface area contributed by atoms with Crippen molar-refractivity contribution in [1.82, 2.24) is 19.7 Å². The van der Waals surface area contributed by atoms with Crippen LogP contribution in [-0.4, -0.2) is 51.0 Å². The zero-order valence-corrected chi connectivity index (χ0v) is 20.4. The maximum atomic E-state index is 13.6. The van der Waals surface area contributed by atoms with E-state index in [9.17, 15) is 9.18 Å². The average molecular weight is 484 g/mol. The second-order valence-corrected chi connectivity index (χ2v) is 9.13. The van der Waals surface area contributed by atoms with Gasteiger partial charge in [-0.05, 0) is 76.2 Å². The molecular formula is C25H30FN5O2S. The number of likely N-dealkylation sites (tertiary alicyclic amines) is 1. The van der Waals surface area contributed by atoms with Crippen molar-refractivity contribution >= 4 is 23.4 Å². The average Bonchev–Trinajstić information content (AvgIpc) is 3.28. The molecule has 9 heteroatoms. The van der Waals surface area contributed by atoms with Crippen molar-refractivity contribution in [2.75, 3.05) is 30.8 Å². The van der Waals surface area contributed by atoms with Crippen LogP contribution in [0.3, 0.4) is 0 Å². The van der Waals surface area contributed by atoms with E-state index in [1.165, 1.54) is 43.2 Å². The summed E-state index contributed by atoms with van der Waals surface area (Å²) in [6.45, 7) is 6.57. The maximum Gasteiger partial charge on any atom is 0.234 e. The van der Waals surface area contributed by atoms with Gasteiger partial charge in [-0.2, -0.15) is 0 Å². The van der Waals surface area contributed by atoms with E-state index in [2.05, 4.69) is 27.3 Å². The third-order valence-electron chi connectivity index (χ3n) is 5.85. The molecule has 180 valence electrons. The van der Waals surface area contributed by atoms with Gasteiger partial charge in [0.15, 0.2) is 11.0 Å². The van der Waals surface area contributed by atoms with Gasteiger partial charge < -0.3 is 10.1 Å². The quantitative estimate of drug-likeness (QED) is 0.428. The minimum atomic E-state index is -0.302. The molecule has 1 amide bonds. The molecule has 1 fully saturated rings. The zero-order chi connectivity index (χ0) is 23.9. The minimum absolute atomic E-state index is 0.0547. The first-order valence-electron chi connectivity index (χ1n) is 11.7. The first kappa shape index (κ1) is 24.2. The molecule has 3 aromatic rings. The highest BCUT2D eigenvalue weighted by atomic mass is 32.2. The molecule has 0 radical (unpaired) electrons. The molecule has 0 unspecified atom stereocenters. The predicted molar refractivity (Wildman–Crippen MR) is 132 cm³/mol. The number of para-hydroxylation sites is 2. The number of carbonyl (C=O) groups is 1. The standard InChI is InChI=1S/C25H30FN5O2S/c1-3-33-22-10-6-5-9-21(22)27-23(32)17-34-25-29-28-24(18(2)30-15-7-4-8-16-30)31(25)20-13-11-19(26)12-14-20/h5-6,9-14,18H,3-4,7-8,15-17H2,1-2H3,(H,27,32)/t18-/m0/s1. The van der Waals surface area contributed by atoms with Gasteiger partial charge >= 0.3 is 0 Å². The summed E-state index contributed by atoms with van der Waals surface area (Å²) >= 11 is 1.30. The molecule has 1 N–H and O–H groups in total. The van der Waals surface area contributed by atoms with Crippen molar-refractivity contribution in [3.05, 3.63) is 60.2 Å². The van der Waals surface area contributed by atoms with Gasteiger partial charge in [-0.25, -0.2) is 4.39 Å². The van der Waals surface area contributed by atoms with Crippen LogP contribution in [0.15, 0.2) is 53.7 Å². The number of amides is 1. The van der Waals surface area contributed by atoms with Gasteiger partial charge in [-0.1, -0.05) is 30.3 Å². The van der Waals surface area contributed by atoms with Crippen molar-refractivity contribution in [3.63, 3.8) is 0 Å². The number of carbonyl (C=O) groups excluding carboxylic acids is 1. The van der Waals surface area contributed by atoms with Gasteiger partial charge in [0.25, 0.3) is 0 Å². The monoisotopic (exact) mass is 483 g/mol. The van der Waals surface area contributed by atoms with E-state index >= 15 is 0 Å². The lowest BCUT2D eigenvalue weighted by Crippen LogP contribution is -2.33. The van der Waals surface area contributed by atoms with Gasteiger partial charge in [-0.3, -0.25) is 14.3 Å².